The molecule has 2 rings (SSSR count). The molecule has 0 aromatic carbocycles. The van der Waals surface area contributed by atoms with Crippen LogP contribution in [0.25, 0.3) is 0 Å². The third-order valence-corrected chi connectivity index (χ3v) is 4.25. The molecule has 2 amide bonds. The lowest BCUT2D eigenvalue weighted by Gasteiger charge is -2.32. The molecular weight excluding hydrogens is 310 g/mol. The zero-order valence-corrected chi connectivity index (χ0v) is 14.3. The monoisotopic (exact) mass is 335 g/mol. The molecule has 24 heavy (non-hydrogen) atoms. The van der Waals surface area contributed by atoms with Crippen LogP contribution in [0, 0.1) is 5.92 Å². The number of likely N-dealkylation sites (tertiary alicyclic amines) is 1. The lowest BCUT2D eigenvalue weighted by Crippen LogP contribution is -2.43. The van der Waals surface area contributed by atoms with Gasteiger partial charge in [0.25, 0.3) is 5.56 Å². The molecule has 2 heterocycles. The Hall–Kier alpha value is -2.31. The quantitative estimate of drug-likeness (QED) is 0.835. The van der Waals surface area contributed by atoms with Crippen LogP contribution in [0.1, 0.15) is 33.1 Å². The predicted octanol–water partition coefficient (Wildman–Crippen LogP) is 2.07. The smallest absolute Gasteiger partial charge is 0.326 e. The predicted molar refractivity (Wildman–Crippen MR) is 90.9 cm³/mol. The third kappa shape index (κ3) is 4.59. The molecule has 1 aliphatic rings. The molecule has 0 aliphatic carbocycles. The summed E-state index contributed by atoms with van der Waals surface area (Å²) in [5.41, 5.74) is -0.242. The summed E-state index contributed by atoms with van der Waals surface area (Å²) in [4.78, 5) is 38.0. The van der Waals surface area contributed by atoms with E-state index in [0.717, 1.165) is 19.3 Å². The van der Waals surface area contributed by atoms with Gasteiger partial charge >= 0.3 is 12.0 Å². The number of ether oxygens (including phenoxy) is 1. The number of hydrogen-bond donors (Lipinski definition) is 1. The van der Waals surface area contributed by atoms with Gasteiger partial charge in [-0.25, -0.2) is 4.79 Å². The Labute approximate surface area is 141 Å². The van der Waals surface area contributed by atoms with Crippen molar-refractivity contribution in [2.45, 2.75) is 39.7 Å². The van der Waals surface area contributed by atoms with Crippen molar-refractivity contribution in [2.24, 2.45) is 5.92 Å². The minimum Gasteiger partial charge on any atom is -0.465 e. The van der Waals surface area contributed by atoms with Gasteiger partial charge in [-0.15, -0.1) is 0 Å². The van der Waals surface area contributed by atoms with Crippen LogP contribution in [0.4, 0.5) is 10.5 Å². The second kappa shape index (κ2) is 8.52. The van der Waals surface area contributed by atoms with E-state index < -0.39 is 11.5 Å². The van der Waals surface area contributed by atoms with E-state index in [2.05, 4.69) is 12.2 Å². The van der Waals surface area contributed by atoms with E-state index >= 15 is 0 Å². The number of nitrogens with one attached hydrogen (secondary N) is 1. The van der Waals surface area contributed by atoms with Crippen molar-refractivity contribution < 1.29 is 14.3 Å². The van der Waals surface area contributed by atoms with Gasteiger partial charge in [0.2, 0.25) is 0 Å². The number of pyridine rings is 1. The van der Waals surface area contributed by atoms with Crippen molar-refractivity contribution in [2.75, 3.05) is 25.0 Å². The van der Waals surface area contributed by atoms with E-state index in [1.165, 1.54) is 10.8 Å². The van der Waals surface area contributed by atoms with E-state index in [1.54, 1.807) is 24.0 Å². The molecule has 1 aliphatic heterocycles. The number of nitrogens with zero attached hydrogens (tertiary/aromatic N) is 2. The summed E-state index contributed by atoms with van der Waals surface area (Å²) in [5.74, 6) is 0.0330. The third-order valence-electron chi connectivity index (χ3n) is 4.25. The number of carbonyl (C=O) groups excluding carboxylic acids is 2. The summed E-state index contributed by atoms with van der Waals surface area (Å²) in [5, 5.41) is 2.67. The highest BCUT2D eigenvalue weighted by atomic mass is 16.5. The van der Waals surface area contributed by atoms with Crippen LogP contribution in [0.5, 0.6) is 0 Å². The van der Waals surface area contributed by atoms with Crippen LogP contribution in [-0.4, -0.2) is 41.2 Å². The molecule has 1 saturated heterocycles. The van der Waals surface area contributed by atoms with Crippen LogP contribution in [0.3, 0.4) is 0 Å². The summed E-state index contributed by atoms with van der Waals surface area (Å²) in [7, 11) is 0. The maximum Gasteiger partial charge on any atom is 0.326 e. The molecular formula is C17H25N3O4. The molecule has 1 atom stereocenters. The normalized spacial score (nSPS) is 17.4. The number of carbonyl (C=O) groups is 2. The number of rotatable bonds is 5. The van der Waals surface area contributed by atoms with Gasteiger partial charge in [0, 0.05) is 19.3 Å². The lowest BCUT2D eigenvalue weighted by molar-refractivity contribution is -0.143. The first kappa shape index (κ1) is 18.0. The Morgan fingerprint density at radius 3 is 2.88 bits per heavy atom. The number of urea groups is 1. The van der Waals surface area contributed by atoms with Crippen LogP contribution in [0.2, 0.25) is 0 Å². The van der Waals surface area contributed by atoms with Crippen molar-refractivity contribution in [1.29, 1.82) is 0 Å². The highest BCUT2D eigenvalue weighted by Crippen LogP contribution is 2.19. The first-order valence-electron chi connectivity index (χ1n) is 8.46. The highest BCUT2D eigenvalue weighted by Gasteiger charge is 2.23. The van der Waals surface area contributed by atoms with Gasteiger partial charge in [-0.3, -0.25) is 9.59 Å². The molecule has 0 unspecified atom stereocenters. The maximum absolute atomic E-state index is 12.4. The minimum atomic E-state index is -0.482. The van der Waals surface area contributed by atoms with Gasteiger partial charge in [-0.2, -0.15) is 0 Å². The van der Waals surface area contributed by atoms with Gasteiger partial charge in [-0.1, -0.05) is 13.3 Å². The second-order valence-corrected chi connectivity index (χ2v) is 5.95. The summed E-state index contributed by atoms with van der Waals surface area (Å²) in [6.45, 7) is 5.34. The highest BCUT2D eigenvalue weighted by molar-refractivity contribution is 5.89. The Morgan fingerprint density at radius 2 is 2.17 bits per heavy atom. The fourth-order valence-corrected chi connectivity index (χ4v) is 2.88. The average molecular weight is 335 g/mol. The fourth-order valence-electron chi connectivity index (χ4n) is 2.88. The van der Waals surface area contributed by atoms with Crippen molar-refractivity contribution in [3.8, 4) is 0 Å². The van der Waals surface area contributed by atoms with E-state index in [4.69, 9.17) is 4.74 Å². The number of hydrogen-bond acceptors (Lipinski definition) is 4. The van der Waals surface area contributed by atoms with Crippen molar-refractivity contribution in [1.82, 2.24) is 9.47 Å². The molecule has 1 fully saturated rings. The number of anilines is 1. The second-order valence-electron chi connectivity index (χ2n) is 5.95. The fraction of sp³-hybridized carbons (Fsp3) is 0.588. The van der Waals surface area contributed by atoms with Crippen LogP contribution in [-0.2, 0) is 16.1 Å². The molecule has 0 spiro atoms. The first-order valence-corrected chi connectivity index (χ1v) is 8.46. The Kier molecular flexibility index (Phi) is 6.40. The van der Waals surface area contributed by atoms with Crippen molar-refractivity contribution >= 4 is 17.7 Å². The van der Waals surface area contributed by atoms with Crippen LogP contribution >= 0.6 is 0 Å². The molecule has 1 N–H and O–H groups in total. The molecule has 0 bridgehead atoms. The van der Waals surface area contributed by atoms with E-state index in [9.17, 15) is 14.4 Å². The summed E-state index contributed by atoms with van der Waals surface area (Å²) in [6.07, 6.45) is 4.66. The number of esters is 1. The Bertz CT molecular complexity index is 641. The van der Waals surface area contributed by atoms with E-state index in [1.807, 2.05) is 0 Å². The molecule has 0 saturated carbocycles. The zero-order chi connectivity index (χ0) is 17.5. The van der Waals surface area contributed by atoms with Crippen LogP contribution in [0.15, 0.2) is 23.1 Å². The number of aromatic nitrogens is 1. The summed E-state index contributed by atoms with van der Waals surface area (Å²) >= 11 is 0. The van der Waals surface area contributed by atoms with Crippen LogP contribution < -0.4 is 10.9 Å². The summed E-state index contributed by atoms with van der Waals surface area (Å²) < 4.78 is 6.08. The molecule has 7 nitrogen and oxygen atoms in total. The van der Waals surface area contributed by atoms with Crippen molar-refractivity contribution in [3.63, 3.8) is 0 Å². The standard InChI is InChI=1S/C17H25N3O4/c1-3-13-7-5-10-20(11-13)17(23)18-14-8-6-9-19(16(14)22)12-15(21)24-4-2/h6,8-9,13H,3-5,7,10-12H2,1-2H3,(H,18,23)/t13-/m1/s1. The molecule has 132 valence electrons. The molecule has 7 heteroatoms. The molecule has 1 aromatic heterocycles. The van der Waals surface area contributed by atoms with Gasteiger partial charge in [0.1, 0.15) is 12.2 Å². The van der Waals surface area contributed by atoms with Gasteiger partial charge < -0.3 is 19.5 Å². The Balaban J connectivity index is 2.05. The minimum absolute atomic E-state index is 0.169. The maximum atomic E-state index is 12.4. The van der Waals surface area contributed by atoms with E-state index in [0.29, 0.717) is 19.0 Å². The van der Waals surface area contributed by atoms with Gasteiger partial charge in [0.15, 0.2) is 0 Å². The number of amides is 2. The molecule has 1 aromatic rings. The number of piperidine rings is 1. The molecule has 0 radical (unpaired) electrons. The van der Waals surface area contributed by atoms with Crippen molar-refractivity contribution in [3.05, 3.63) is 28.7 Å². The first-order chi connectivity index (χ1) is 11.5. The topological polar surface area (TPSA) is 80.6 Å². The zero-order valence-electron chi connectivity index (χ0n) is 14.3. The van der Waals surface area contributed by atoms with Gasteiger partial charge in [0.05, 0.1) is 6.61 Å². The largest absolute Gasteiger partial charge is 0.465 e. The average Bonchev–Trinajstić information content (AvgIpc) is 2.58. The Morgan fingerprint density at radius 1 is 1.38 bits per heavy atom. The van der Waals surface area contributed by atoms with E-state index in [-0.39, 0.29) is 24.9 Å². The van der Waals surface area contributed by atoms with Gasteiger partial charge in [-0.05, 0) is 37.8 Å². The summed E-state index contributed by atoms with van der Waals surface area (Å²) in [6, 6.07) is 2.91. The lowest BCUT2D eigenvalue weighted by atomic mass is 9.96. The SMILES string of the molecule is CCOC(=O)Cn1cccc(NC(=O)N2CCC[C@@H](CC)C2)c1=O.